The lowest BCUT2D eigenvalue weighted by atomic mass is 10.1. The van der Waals surface area contributed by atoms with Gasteiger partial charge < -0.3 is 9.84 Å². The molecule has 0 fully saturated rings. The molecule has 0 aliphatic rings. The van der Waals surface area contributed by atoms with Crippen molar-refractivity contribution in [2.24, 2.45) is 0 Å². The van der Waals surface area contributed by atoms with Crippen molar-refractivity contribution in [1.29, 1.82) is 0 Å². The molecule has 0 saturated heterocycles. The van der Waals surface area contributed by atoms with E-state index in [1.807, 2.05) is 32.9 Å². The second kappa shape index (κ2) is 6.39. The molecule has 1 aromatic heterocycles. The third-order valence-corrected chi connectivity index (χ3v) is 3.14. The fraction of sp³-hybridized carbons (Fsp3) is 0.400. The van der Waals surface area contributed by atoms with Crippen molar-refractivity contribution in [3.05, 3.63) is 40.7 Å². The van der Waals surface area contributed by atoms with Crippen LogP contribution in [0.4, 0.5) is 0 Å². The molecule has 0 bridgehead atoms. The Morgan fingerprint density at radius 3 is 2.52 bits per heavy atom. The molecular formula is C15H19N3O3. The molecule has 0 spiro atoms. The summed E-state index contributed by atoms with van der Waals surface area (Å²) >= 11 is 0. The summed E-state index contributed by atoms with van der Waals surface area (Å²) in [4.78, 5) is 11.0. The quantitative estimate of drug-likeness (QED) is 0.882. The van der Waals surface area contributed by atoms with Gasteiger partial charge in [-0.15, -0.1) is 5.10 Å². The number of hydrogen-bond donors (Lipinski definition) is 1. The monoisotopic (exact) mass is 289 g/mol. The number of benzene rings is 1. The molecule has 0 aliphatic heterocycles. The maximum absolute atomic E-state index is 11.0. The molecule has 1 heterocycles. The number of nitrogens with zero attached hydrogens (tertiary/aromatic N) is 3. The van der Waals surface area contributed by atoms with Gasteiger partial charge in [-0.05, 0) is 43.5 Å². The van der Waals surface area contributed by atoms with Crippen LogP contribution in [0.2, 0.25) is 0 Å². The predicted octanol–water partition coefficient (Wildman–Crippen LogP) is 2.23. The van der Waals surface area contributed by atoms with Gasteiger partial charge in [-0.25, -0.2) is 9.48 Å². The Bertz CT molecular complexity index is 629. The zero-order chi connectivity index (χ0) is 15.4. The maximum Gasteiger partial charge on any atom is 0.358 e. The highest BCUT2D eigenvalue weighted by atomic mass is 16.5. The Morgan fingerprint density at radius 2 is 1.95 bits per heavy atom. The van der Waals surface area contributed by atoms with Gasteiger partial charge in [-0.2, -0.15) is 0 Å². The first-order valence-electron chi connectivity index (χ1n) is 6.88. The zero-order valence-electron chi connectivity index (χ0n) is 12.5. The van der Waals surface area contributed by atoms with Crippen molar-refractivity contribution < 1.29 is 14.6 Å². The van der Waals surface area contributed by atoms with Gasteiger partial charge in [0.1, 0.15) is 12.4 Å². The van der Waals surface area contributed by atoms with Crippen molar-refractivity contribution in [3.63, 3.8) is 0 Å². The van der Waals surface area contributed by atoms with E-state index in [2.05, 4.69) is 16.4 Å². The normalized spacial score (nSPS) is 10.6. The van der Waals surface area contributed by atoms with E-state index in [4.69, 9.17) is 9.84 Å². The Hall–Kier alpha value is -2.37. The van der Waals surface area contributed by atoms with Crippen LogP contribution in [0.1, 0.15) is 34.2 Å². The summed E-state index contributed by atoms with van der Waals surface area (Å²) in [6.45, 7) is 6.80. The Morgan fingerprint density at radius 1 is 1.29 bits per heavy atom. The fourth-order valence-electron chi connectivity index (χ4n) is 2.29. The van der Waals surface area contributed by atoms with Crippen molar-refractivity contribution in [1.82, 2.24) is 15.0 Å². The topological polar surface area (TPSA) is 77.2 Å². The van der Waals surface area contributed by atoms with Gasteiger partial charge in [-0.1, -0.05) is 18.2 Å². The molecule has 6 nitrogen and oxygen atoms in total. The van der Waals surface area contributed by atoms with E-state index < -0.39 is 5.97 Å². The SMILES string of the molecule is CCc1c(C(=O)O)nnn1CCOc1cc(C)cc(C)c1. The second-order valence-corrected chi connectivity index (χ2v) is 4.94. The Labute approximate surface area is 123 Å². The molecule has 0 saturated carbocycles. The molecule has 0 amide bonds. The Kier molecular flexibility index (Phi) is 4.57. The van der Waals surface area contributed by atoms with Crippen LogP contribution in [0.5, 0.6) is 5.75 Å². The van der Waals surface area contributed by atoms with Crippen molar-refractivity contribution in [2.45, 2.75) is 33.7 Å². The third-order valence-electron chi connectivity index (χ3n) is 3.14. The number of aromatic carboxylic acids is 1. The predicted molar refractivity (Wildman–Crippen MR) is 77.8 cm³/mol. The summed E-state index contributed by atoms with van der Waals surface area (Å²) in [5.74, 6) is -0.238. The number of carboxylic acid groups (broad SMARTS) is 1. The van der Waals surface area contributed by atoms with E-state index >= 15 is 0 Å². The van der Waals surface area contributed by atoms with E-state index in [-0.39, 0.29) is 5.69 Å². The molecule has 2 rings (SSSR count). The number of hydrogen-bond acceptors (Lipinski definition) is 4. The van der Waals surface area contributed by atoms with Crippen LogP contribution in [0, 0.1) is 13.8 Å². The molecule has 2 aromatic rings. The summed E-state index contributed by atoms with van der Waals surface area (Å²) in [6.07, 6.45) is 0.568. The van der Waals surface area contributed by atoms with Crippen LogP contribution in [0.3, 0.4) is 0 Å². The highest BCUT2D eigenvalue weighted by Crippen LogP contribution is 2.16. The van der Waals surface area contributed by atoms with Gasteiger partial charge in [0, 0.05) is 0 Å². The zero-order valence-corrected chi connectivity index (χ0v) is 12.5. The van der Waals surface area contributed by atoms with Crippen LogP contribution >= 0.6 is 0 Å². The number of carboxylic acids is 1. The minimum atomic E-state index is -1.05. The van der Waals surface area contributed by atoms with Gasteiger partial charge in [0.15, 0.2) is 5.69 Å². The minimum absolute atomic E-state index is 0.0175. The molecule has 6 heteroatoms. The van der Waals surface area contributed by atoms with Crippen LogP contribution in [0.15, 0.2) is 18.2 Å². The second-order valence-electron chi connectivity index (χ2n) is 4.94. The van der Waals surface area contributed by atoms with E-state index in [0.717, 1.165) is 16.9 Å². The highest BCUT2D eigenvalue weighted by Gasteiger charge is 2.17. The van der Waals surface area contributed by atoms with Gasteiger partial charge in [0.2, 0.25) is 0 Å². The lowest BCUT2D eigenvalue weighted by Crippen LogP contribution is -2.13. The van der Waals surface area contributed by atoms with Crippen molar-refractivity contribution in [2.75, 3.05) is 6.61 Å². The van der Waals surface area contributed by atoms with Crippen LogP contribution in [-0.2, 0) is 13.0 Å². The number of aromatic nitrogens is 3. The molecule has 0 atom stereocenters. The molecule has 21 heavy (non-hydrogen) atoms. The van der Waals surface area contributed by atoms with Gasteiger partial charge in [0.25, 0.3) is 0 Å². The van der Waals surface area contributed by atoms with E-state index in [0.29, 0.717) is 25.3 Å². The summed E-state index contributed by atoms with van der Waals surface area (Å²) in [5.41, 5.74) is 2.93. The summed E-state index contributed by atoms with van der Waals surface area (Å²) in [7, 11) is 0. The number of rotatable bonds is 6. The largest absolute Gasteiger partial charge is 0.492 e. The first-order chi connectivity index (χ1) is 10.0. The molecule has 0 aliphatic carbocycles. The summed E-state index contributed by atoms with van der Waals surface area (Å²) < 4.78 is 7.29. The summed E-state index contributed by atoms with van der Waals surface area (Å²) in [6, 6.07) is 6.02. The molecule has 1 N–H and O–H groups in total. The maximum atomic E-state index is 11.0. The minimum Gasteiger partial charge on any atom is -0.492 e. The summed E-state index contributed by atoms with van der Waals surface area (Å²) in [5, 5.41) is 16.6. The average molecular weight is 289 g/mol. The first kappa shape index (κ1) is 15.0. The smallest absolute Gasteiger partial charge is 0.358 e. The standard InChI is InChI=1S/C15H19N3O3/c1-4-13-14(15(19)20)16-17-18(13)5-6-21-12-8-10(2)7-11(3)9-12/h7-9H,4-6H2,1-3H3,(H,19,20). The lowest BCUT2D eigenvalue weighted by molar-refractivity contribution is 0.0689. The fourth-order valence-corrected chi connectivity index (χ4v) is 2.29. The van der Waals surface area contributed by atoms with Gasteiger partial charge in [-0.3, -0.25) is 0 Å². The molecule has 0 unspecified atom stereocenters. The third kappa shape index (κ3) is 3.59. The molecule has 112 valence electrons. The van der Waals surface area contributed by atoms with E-state index in [1.54, 1.807) is 4.68 Å². The number of aryl methyl sites for hydroxylation is 2. The molecule has 0 radical (unpaired) electrons. The van der Waals surface area contributed by atoms with Crippen molar-refractivity contribution >= 4 is 5.97 Å². The van der Waals surface area contributed by atoms with Crippen LogP contribution < -0.4 is 4.74 Å². The lowest BCUT2D eigenvalue weighted by Gasteiger charge is -2.09. The average Bonchev–Trinajstić information content (AvgIpc) is 2.80. The molecular weight excluding hydrogens is 270 g/mol. The van der Waals surface area contributed by atoms with Crippen molar-refractivity contribution in [3.8, 4) is 5.75 Å². The number of ether oxygens (including phenoxy) is 1. The van der Waals surface area contributed by atoms with Crippen LogP contribution in [0.25, 0.3) is 0 Å². The Balaban J connectivity index is 2.02. The van der Waals surface area contributed by atoms with E-state index in [9.17, 15) is 4.79 Å². The van der Waals surface area contributed by atoms with Crippen LogP contribution in [-0.4, -0.2) is 32.7 Å². The van der Waals surface area contributed by atoms with E-state index in [1.165, 1.54) is 0 Å². The number of carbonyl (C=O) groups is 1. The van der Waals surface area contributed by atoms with Gasteiger partial charge >= 0.3 is 5.97 Å². The molecule has 1 aromatic carbocycles. The highest BCUT2D eigenvalue weighted by molar-refractivity contribution is 5.86. The van der Waals surface area contributed by atoms with Gasteiger partial charge in [0.05, 0.1) is 12.2 Å². The first-order valence-corrected chi connectivity index (χ1v) is 6.88.